The van der Waals surface area contributed by atoms with Crippen LogP contribution >= 0.6 is 11.8 Å². The van der Waals surface area contributed by atoms with E-state index >= 15 is 0 Å². The Kier molecular flexibility index (Phi) is 5.72. The third-order valence-corrected chi connectivity index (χ3v) is 4.75. The van der Waals surface area contributed by atoms with E-state index < -0.39 is 0 Å². The van der Waals surface area contributed by atoms with Gasteiger partial charge < -0.3 is 15.0 Å². The first-order chi connectivity index (χ1) is 11.7. The molecule has 0 bridgehead atoms. The molecule has 1 saturated heterocycles. The molecule has 1 aromatic carbocycles. The number of pyridine rings is 1. The minimum Gasteiger partial charge on any atom is -0.375 e. The number of rotatable bonds is 4. The molecule has 0 unspecified atom stereocenters. The number of carbonyl (C=O) groups is 1. The van der Waals surface area contributed by atoms with E-state index in [1.807, 2.05) is 43.3 Å². The Balaban J connectivity index is 1.57. The zero-order valence-electron chi connectivity index (χ0n) is 13.6. The van der Waals surface area contributed by atoms with Gasteiger partial charge in [-0.2, -0.15) is 0 Å². The highest BCUT2D eigenvalue weighted by Crippen LogP contribution is 2.22. The molecule has 2 aromatic rings. The summed E-state index contributed by atoms with van der Waals surface area (Å²) in [5.41, 5.74) is 1.97. The van der Waals surface area contributed by atoms with Crippen molar-refractivity contribution in [1.29, 1.82) is 0 Å². The molecular weight excluding hydrogens is 322 g/mol. The van der Waals surface area contributed by atoms with Gasteiger partial charge in [-0.3, -0.25) is 0 Å². The predicted molar refractivity (Wildman–Crippen MR) is 96.2 cm³/mol. The molecule has 3 rings (SSSR count). The Morgan fingerprint density at radius 1 is 1.38 bits per heavy atom. The maximum Gasteiger partial charge on any atom is 0.322 e. The summed E-state index contributed by atoms with van der Waals surface area (Å²) in [7, 11) is 0. The van der Waals surface area contributed by atoms with Crippen LogP contribution in [0.4, 0.5) is 10.5 Å². The molecule has 126 valence electrons. The number of benzene rings is 1. The maximum absolute atomic E-state index is 12.3. The van der Waals surface area contributed by atoms with Crippen molar-refractivity contribution < 1.29 is 9.53 Å². The van der Waals surface area contributed by atoms with E-state index in [1.54, 1.807) is 22.9 Å². The van der Waals surface area contributed by atoms with Gasteiger partial charge in [0, 0.05) is 30.7 Å². The van der Waals surface area contributed by atoms with Crippen molar-refractivity contribution in [3.63, 3.8) is 0 Å². The van der Waals surface area contributed by atoms with Crippen molar-refractivity contribution in [2.45, 2.75) is 23.8 Å². The molecule has 2 amide bonds. The largest absolute Gasteiger partial charge is 0.375 e. The van der Waals surface area contributed by atoms with E-state index in [0.717, 1.165) is 22.0 Å². The van der Waals surface area contributed by atoms with Gasteiger partial charge in [0.05, 0.1) is 17.7 Å². The van der Waals surface area contributed by atoms with Crippen LogP contribution in [0.5, 0.6) is 0 Å². The highest BCUT2D eigenvalue weighted by molar-refractivity contribution is 7.98. The minimum atomic E-state index is -0.0697. The Hall–Kier alpha value is -2.05. The molecule has 1 atom stereocenters. The molecule has 1 aromatic heterocycles. The van der Waals surface area contributed by atoms with Gasteiger partial charge >= 0.3 is 6.03 Å². The Morgan fingerprint density at radius 3 is 3.08 bits per heavy atom. The van der Waals surface area contributed by atoms with E-state index in [1.165, 1.54) is 0 Å². The van der Waals surface area contributed by atoms with Crippen LogP contribution < -0.4 is 5.32 Å². The molecule has 0 spiro atoms. The van der Waals surface area contributed by atoms with Gasteiger partial charge in [0.25, 0.3) is 0 Å². The normalized spacial score (nSPS) is 17.5. The van der Waals surface area contributed by atoms with Crippen molar-refractivity contribution in [1.82, 2.24) is 9.88 Å². The molecule has 24 heavy (non-hydrogen) atoms. The molecule has 0 aliphatic carbocycles. The zero-order valence-corrected chi connectivity index (χ0v) is 14.5. The second-order valence-corrected chi connectivity index (χ2v) is 6.71. The van der Waals surface area contributed by atoms with E-state index in [2.05, 4.69) is 16.4 Å². The molecule has 2 heterocycles. The number of hydrogen-bond donors (Lipinski definition) is 1. The number of aromatic nitrogens is 1. The lowest BCUT2D eigenvalue weighted by atomic mass is 10.2. The topological polar surface area (TPSA) is 54.5 Å². The number of thioether (sulfide) groups is 1. The lowest BCUT2D eigenvalue weighted by Gasteiger charge is -2.31. The van der Waals surface area contributed by atoms with Gasteiger partial charge in [0.15, 0.2) is 0 Å². The number of ether oxygens (including phenoxy) is 1. The fraction of sp³-hybridized carbons (Fsp3) is 0.333. The molecule has 1 aliphatic heterocycles. The van der Waals surface area contributed by atoms with Crippen LogP contribution in [-0.4, -0.2) is 41.7 Å². The minimum absolute atomic E-state index is 0.0697. The summed E-state index contributed by atoms with van der Waals surface area (Å²) in [5, 5.41) is 3.97. The third-order valence-electron chi connectivity index (χ3n) is 3.73. The van der Waals surface area contributed by atoms with Crippen LogP contribution in [0, 0.1) is 0 Å². The van der Waals surface area contributed by atoms with Crippen LogP contribution in [-0.2, 0) is 10.5 Å². The fourth-order valence-corrected chi connectivity index (χ4v) is 3.34. The van der Waals surface area contributed by atoms with E-state index in [9.17, 15) is 4.79 Å². The SMILES string of the molecule is C[C@@H]1CN(C(=O)Nc2cccc(CSc3ccccn3)c2)CCO1. The molecular formula is C18H21N3O2S. The number of nitrogens with one attached hydrogen (secondary N) is 1. The highest BCUT2D eigenvalue weighted by atomic mass is 32.2. The lowest BCUT2D eigenvalue weighted by molar-refractivity contribution is -0.00138. The monoisotopic (exact) mass is 343 g/mol. The summed E-state index contributed by atoms with van der Waals surface area (Å²) in [4.78, 5) is 18.5. The first kappa shape index (κ1) is 16.8. The zero-order chi connectivity index (χ0) is 16.8. The fourth-order valence-electron chi connectivity index (χ4n) is 2.53. The highest BCUT2D eigenvalue weighted by Gasteiger charge is 2.21. The van der Waals surface area contributed by atoms with Gasteiger partial charge in [0.2, 0.25) is 0 Å². The van der Waals surface area contributed by atoms with Gasteiger partial charge in [-0.15, -0.1) is 11.8 Å². The Morgan fingerprint density at radius 2 is 2.29 bits per heavy atom. The first-order valence-electron chi connectivity index (χ1n) is 8.01. The molecule has 0 radical (unpaired) electrons. The average molecular weight is 343 g/mol. The van der Waals surface area contributed by atoms with E-state index in [0.29, 0.717) is 19.7 Å². The summed E-state index contributed by atoms with van der Waals surface area (Å²) in [6.45, 7) is 3.83. The van der Waals surface area contributed by atoms with Crippen LogP contribution in [0.15, 0.2) is 53.7 Å². The van der Waals surface area contributed by atoms with Crippen LogP contribution in [0.2, 0.25) is 0 Å². The van der Waals surface area contributed by atoms with Crippen molar-refractivity contribution in [3.05, 3.63) is 54.2 Å². The third kappa shape index (κ3) is 4.72. The van der Waals surface area contributed by atoms with Gasteiger partial charge in [-0.05, 0) is 36.8 Å². The number of hydrogen-bond acceptors (Lipinski definition) is 4. The van der Waals surface area contributed by atoms with Gasteiger partial charge in [0.1, 0.15) is 0 Å². The number of nitrogens with zero attached hydrogens (tertiary/aromatic N) is 2. The van der Waals surface area contributed by atoms with E-state index in [-0.39, 0.29) is 12.1 Å². The van der Waals surface area contributed by atoms with Gasteiger partial charge in [-0.1, -0.05) is 18.2 Å². The standard InChI is InChI=1S/C18H21N3O2S/c1-14-12-21(9-10-23-14)18(22)20-16-6-4-5-15(11-16)13-24-17-7-2-3-8-19-17/h2-8,11,14H,9-10,12-13H2,1H3,(H,20,22)/t14-/m1/s1. The predicted octanol–water partition coefficient (Wildman–Crippen LogP) is 3.63. The molecule has 6 heteroatoms. The summed E-state index contributed by atoms with van der Waals surface area (Å²) < 4.78 is 5.47. The number of carbonyl (C=O) groups excluding carboxylic acids is 1. The smallest absolute Gasteiger partial charge is 0.322 e. The number of amides is 2. The Bertz CT molecular complexity index is 681. The number of urea groups is 1. The summed E-state index contributed by atoms with van der Waals surface area (Å²) in [6, 6.07) is 13.8. The molecule has 1 N–H and O–H groups in total. The van der Waals surface area contributed by atoms with Gasteiger partial charge in [-0.25, -0.2) is 9.78 Å². The summed E-state index contributed by atoms with van der Waals surface area (Å²) in [5.74, 6) is 0.815. The lowest BCUT2D eigenvalue weighted by Crippen LogP contribution is -2.46. The molecule has 5 nitrogen and oxygen atoms in total. The van der Waals surface area contributed by atoms with Crippen molar-refractivity contribution in [2.75, 3.05) is 25.0 Å². The second kappa shape index (κ2) is 8.17. The maximum atomic E-state index is 12.3. The summed E-state index contributed by atoms with van der Waals surface area (Å²) in [6.07, 6.45) is 1.88. The molecule has 1 aliphatic rings. The number of morpholine rings is 1. The second-order valence-electron chi connectivity index (χ2n) is 5.71. The Labute approximate surface area is 146 Å². The quantitative estimate of drug-likeness (QED) is 0.862. The number of anilines is 1. The van der Waals surface area contributed by atoms with Crippen molar-refractivity contribution in [2.24, 2.45) is 0 Å². The first-order valence-corrected chi connectivity index (χ1v) is 8.99. The van der Waals surface area contributed by atoms with Crippen LogP contribution in [0.3, 0.4) is 0 Å². The van der Waals surface area contributed by atoms with Crippen molar-refractivity contribution in [3.8, 4) is 0 Å². The molecule has 0 saturated carbocycles. The summed E-state index contributed by atoms with van der Waals surface area (Å²) >= 11 is 1.68. The average Bonchev–Trinajstić information content (AvgIpc) is 2.61. The van der Waals surface area contributed by atoms with Crippen molar-refractivity contribution >= 4 is 23.5 Å². The molecule has 1 fully saturated rings. The van der Waals surface area contributed by atoms with Crippen LogP contribution in [0.25, 0.3) is 0 Å². The van der Waals surface area contributed by atoms with E-state index in [4.69, 9.17) is 4.74 Å². The van der Waals surface area contributed by atoms with Crippen LogP contribution in [0.1, 0.15) is 12.5 Å².